The maximum absolute atomic E-state index is 10.9. The van der Waals surface area contributed by atoms with Gasteiger partial charge in [0.25, 0.3) is 0 Å². The summed E-state index contributed by atoms with van der Waals surface area (Å²) in [6.45, 7) is 6.80. The van der Waals surface area contributed by atoms with Gasteiger partial charge in [0.15, 0.2) is 0 Å². The summed E-state index contributed by atoms with van der Waals surface area (Å²) in [5.41, 5.74) is 1.03. The van der Waals surface area contributed by atoms with Crippen molar-refractivity contribution in [1.29, 1.82) is 0 Å². The van der Waals surface area contributed by atoms with E-state index in [1.807, 2.05) is 32.0 Å². The van der Waals surface area contributed by atoms with Crippen LogP contribution in [-0.2, 0) is 4.79 Å². The van der Waals surface area contributed by atoms with Gasteiger partial charge in [-0.25, -0.2) is 0 Å². The summed E-state index contributed by atoms with van der Waals surface area (Å²) >= 11 is 0. The summed E-state index contributed by atoms with van der Waals surface area (Å²) in [6, 6.07) is 5.73. The monoisotopic (exact) mass is 295 g/mol. The number of nitrogens with zero attached hydrogens (tertiary/aromatic N) is 1. The number of methoxy groups -OCH3 is 2. The van der Waals surface area contributed by atoms with E-state index in [9.17, 15) is 4.79 Å². The molecule has 2 atom stereocenters. The highest BCUT2D eigenvalue weighted by Gasteiger charge is 2.24. The lowest BCUT2D eigenvalue weighted by atomic mass is 10.0. The first-order valence-electron chi connectivity index (χ1n) is 7.14. The molecule has 0 radical (unpaired) electrons. The van der Waals surface area contributed by atoms with Gasteiger partial charge in [-0.2, -0.15) is 0 Å². The lowest BCUT2D eigenvalue weighted by Crippen LogP contribution is -2.36. The molecule has 0 saturated carbocycles. The van der Waals surface area contributed by atoms with Crippen LogP contribution >= 0.6 is 0 Å². The van der Waals surface area contributed by atoms with Crippen LogP contribution in [0.2, 0.25) is 0 Å². The third-order valence-electron chi connectivity index (χ3n) is 3.79. The van der Waals surface area contributed by atoms with E-state index < -0.39 is 5.97 Å². The van der Waals surface area contributed by atoms with E-state index in [2.05, 4.69) is 11.8 Å². The Kier molecular flexibility index (Phi) is 6.49. The minimum Gasteiger partial charge on any atom is -0.497 e. The number of carboxylic acid groups (broad SMARTS) is 1. The van der Waals surface area contributed by atoms with E-state index in [0.29, 0.717) is 0 Å². The van der Waals surface area contributed by atoms with Crippen LogP contribution in [0.5, 0.6) is 11.5 Å². The zero-order chi connectivity index (χ0) is 16.0. The van der Waals surface area contributed by atoms with Crippen LogP contribution < -0.4 is 9.47 Å². The highest BCUT2D eigenvalue weighted by Crippen LogP contribution is 2.33. The van der Waals surface area contributed by atoms with E-state index in [-0.39, 0.29) is 18.5 Å². The number of hydrogen-bond acceptors (Lipinski definition) is 4. The maximum Gasteiger partial charge on any atom is 0.304 e. The molecule has 118 valence electrons. The Morgan fingerprint density at radius 2 is 1.95 bits per heavy atom. The number of benzene rings is 1. The second-order valence-corrected chi connectivity index (χ2v) is 5.06. The van der Waals surface area contributed by atoms with Crippen molar-refractivity contribution in [2.75, 3.05) is 20.8 Å². The Morgan fingerprint density at radius 3 is 2.43 bits per heavy atom. The highest BCUT2D eigenvalue weighted by atomic mass is 16.5. The minimum atomic E-state index is -0.783. The molecule has 0 aliphatic rings. The summed E-state index contributed by atoms with van der Waals surface area (Å²) in [4.78, 5) is 13.1. The van der Waals surface area contributed by atoms with Crippen LogP contribution in [0, 0.1) is 0 Å². The van der Waals surface area contributed by atoms with E-state index in [1.54, 1.807) is 14.2 Å². The van der Waals surface area contributed by atoms with Gasteiger partial charge in [-0.15, -0.1) is 0 Å². The molecule has 0 saturated heterocycles. The lowest BCUT2D eigenvalue weighted by Gasteiger charge is -2.33. The molecule has 1 rings (SSSR count). The number of ether oxygens (including phenoxy) is 2. The molecule has 5 nitrogen and oxygen atoms in total. The van der Waals surface area contributed by atoms with Crippen LogP contribution in [0.3, 0.4) is 0 Å². The Balaban J connectivity index is 3.04. The quantitative estimate of drug-likeness (QED) is 0.799. The third kappa shape index (κ3) is 4.36. The van der Waals surface area contributed by atoms with Crippen molar-refractivity contribution >= 4 is 5.97 Å². The summed E-state index contributed by atoms with van der Waals surface area (Å²) in [6.07, 6.45) is 0.122. The number of aliphatic carboxylic acids is 1. The van der Waals surface area contributed by atoms with E-state index in [4.69, 9.17) is 14.6 Å². The predicted molar refractivity (Wildman–Crippen MR) is 82.1 cm³/mol. The van der Waals surface area contributed by atoms with Gasteiger partial charge in [0, 0.05) is 23.7 Å². The van der Waals surface area contributed by atoms with Crippen molar-refractivity contribution in [1.82, 2.24) is 4.90 Å². The number of rotatable bonds is 8. The molecule has 0 bridgehead atoms. The number of carbonyl (C=O) groups is 1. The van der Waals surface area contributed by atoms with Gasteiger partial charge < -0.3 is 14.6 Å². The molecular weight excluding hydrogens is 270 g/mol. The first-order chi connectivity index (χ1) is 9.94. The van der Waals surface area contributed by atoms with Gasteiger partial charge in [0.05, 0.1) is 20.6 Å². The maximum atomic E-state index is 10.9. The molecule has 0 aliphatic heterocycles. The first-order valence-corrected chi connectivity index (χ1v) is 7.14. The summed E-state index contributed by atoms with van der Waals surface area (Å²) in [5, 5.41) is 8.98. The third-order valence-corrected chi connectivity index (χ3v) is 3.79. The Hall–Kier alpha value is -1.75. The van der Waals surface area contributed by atoms with Crippen LogP contribution in [0.4, 0.5) is 0 Å². The average molecular weight is 295 g/mol. The molecule has 0 fully saturated rings. The molecule has 0 heterocycles. The van der Waals surface area contributed by atoms with Crippen LogP contribution in [0.15, 0.2) is 18.2 Å². The fourth-order valence-corrected chi connectivity index (χ4v) is 2.68. The topological polar surface area (TPSA) is 59.0 Å². The molecule has 5 heteroatoms. The van der Waals surface area contributed by atoms with Crippen LogP contribution in [0.25, 0.3) is 0 Å². The summed E-state index contributed by atoms with van der Waals surface area (Å²) in [7, 11) is 3.24. The summed E-state index contributed by atoms with van der Waals surface area (Å²) in [5.74, 6) is 0.710. The molecule has 0 amide bonds. The van der Waals surface area contributed by atoms with Crippen molar-refractivity contribution in [2.24, 2.45) is 0 Å². The summed E-state index contributed by atoms with van der Waals surface area (Å²) < 4.78 is 10.6. The molecule has 0 aliphatic carbocycles. The average Bonchev–Trinajstić information content (AvgIpc) is 2.46. The second-order valence-electron chi connectivity index (χ2n) is 5.06. The minimum absolute atomic E-state index is 0.0469. The molecule has 1 aromatic carbocycles. The van der Waals surface area contributed by atoms with Gasteiger partial charge in [-0.05, 0) is 26.5 Å². The molecule has 21 heavy (non-hydrogen) atoms. The Bertz CT molecular complexity index is 475. The normalized spacial score (nSPS) is 13.8. The number of hydrogen-bond donors (Lipinski definition) is 1. The lowest BCUT2D eigenvalue weighted by molar-refractivity contribution is -0.138. The van der Waals surface area contributed by atoms with Crippen LogP contribution in [-0.4, -0.2) is 42.8 Å². The fraction of sp³-hybridized carbons (Fsp3) is 0.562. The molecule has 1 aromatic rings. The Morgan fingerprint density at radius 1 is 1.29 bits per heavy atom. The molecule has 0 spiro atoms. The van der Waals surface area contributed by atoms with Gasteiger partial charge in [-0.3, -0.25) is 9.69 Å². The smallest absolute Gasteiger partial charge is 0.304 e. The van der Waals surface area contributed by atoms with Crippen molar-refractivity contribution in [3.05, 3.63) is 23.8 Å². The van der Waals surface area contributed by atoms with Gasteiger partial charge in [-0.1, -0.05) is 13.0 Å². The zero-order valence-corrected chi connectivity index (χ0v) is 13.4. The zero-order valence-electron chi connectivity index (χ0n) is 13.4. The van der Waals surface area contributed by atoms with Gasteiger partial charge in [0.1, 0.15) is 11.5 Å². The number of carboxylic acids is 1. The predicted octanol–water partition coefficient (Wildman–Crippen LogP) is 2.95. The van der Waals surface area contributed by atoms with Gasteiger partial charge >= 0.3 is 5.97 Å². The molecule has 0 aromatic heterocycles. The van der Waals surface area contributed by atoms with Crippen molar-refractivity contribution < 1.29 is 19.4 Å². The van der Waals surface area contributed by atoms with E-state index in [0.717, 1.165) is 23.6 Å². The Labute approximate surface area is 126 Å². The van der Waals surface area contributed by atoms with E-state index in [1.165, 1.54) is 0 Å². The highest BCUT2D eigenvalue weighted by molar-refractivity contribution is 5.67. The molecule has 2 unspecified atom stereocenters. The first kappa shape index (κ1) is 17.3. The van der Waals surface area contributed by atoms with Crippen LogP contribution in [0.1, 0.15) is 38.8 Å². The second kappa shape index (κ2) is 7.88. The van der Waals surface area contributed by atoms with Gasteiger partial charge in [0.2, 0.25) is 0 Å². The SMILES string of the molecule is CCN(C(C)CC(=O)O)C(C)c1ccc(OC)cc1OC. The largest absolute Gasteiger partial charge is 0.497 e. The van der Waals surface area contributed by atoms with Crippen molar-refractivity contribution in [3.63, 3.8) is 0 Å². The van der Waals surface area contributed by atoms with Crippen molar-refractivity contribution in [3.8, 4) is 11.5 Å². The molecule has 1 N–H and O–H groups in total. The fourth-order valence-electron chi connectivity index (χ4n) is 2.68. The molecular formula is C16H25NO4. The standard InChI is InChI=1S/C16H25NO4/c1-6-17(11(2)9-16(18)19)12(3)14-8-7-13(20-4)10-15(14)21-5/h7-8,10-12H,6,9H2,1-5H3,(H,18,19). The van der Waals surface area contributed by atoms with Crippen molar-refractivity contribution in [2.45, 2.75) is 39.3 Å². The van der Waals surface area contributed by atoms with E-state index >= 15 is 0 Å².